The van der Waals surface area contributed by atoms with Gasteiger partial charge in [-0.15, -0.1) is 11.3 Å². The Kier molecular flexibility index (Phi) is 3.86. The molecule has 0 amide bonds. The molecule has 2 aromatic heterocycles. The highest BCUT2D eigenvalue weighted by Crippen LogP contribution is 2.25. The molecule has 3 N–H and O–H groups in total. The molecular weight excluding hydrogens is 298 g/mol. The van der Waals surface area contributed by atoms with Gasteiger partial charge in [0, 0.05) is 15.8 Å². The van der Waals surface area contributed by atoms with Gasteiger partial charge in [0.1, 0.15) is 10.8 Å². The van der Waals surface area contributed by atoms with Crippen LogP contribution < -0.4 is 11.1 Å². The van der Waals surface area contributed by atoms with E-state index in [0.717, 1.165) is 22.3 Å². The second kappa shape index (κ2) is 5.79. The third-order valence-corrected chi connectivity index (χ3v) is 4.59. The second-order valence-electron chi connectivity index (χ2n) is 4.82. The largest absolute Gasteiger partial charge is 0.389 e. The lowest BCUT2D eigenvalue weighted by Crippen LogP contribution is -2.13. The van der Waals surface area contributed by atoms with Crippen LogP contribution in [0.2, 0.25) is 0 Å². The van der Waals surface area contributed by atoms with Crippen molar-refractivity contribution in [3.8, 4) is 0 Å². The van der Waals surface area contributed by atoms with E-state index in [2.05, 4.69) is 28.7 Å². The van der Waals surface area contributed by atoms with Gasteiger partial charge in [-0.05, 0) is 30.5 Å². The molecule has 1 aromatic carbocycles. The van der Waals surface area contributed by atoms with E-state index in [9.17, 15) is 0 Å². The summed E-state index contributed by atoms with van der Waals surface area (Å²) in [6.45, 7) is 2.11. The maximum atomic E-state index is 5.85. The first kappa shape index (κ1) is 14.0. The number of pyridine rings is 1. The zero-order valence-electron chi connectivity index (χ0n) is 11.5. The number of para-hydroxylation sites is 1. The number of thiophene rings is 1. The smallest absolute Gasteiger partial charge is 0.127 e. The number of aromatic nitrogens is 1. The minimum atomic E-state index is 0.192. The van der Waals surface area contributed by atoms with Crippen molar-refractivity contribution in [2.24, 2.45) is 5.73 Å². The molecule has 0 aliphatic heterocycles. The van der Waals surface area contributed by atoms with Gasteiger partial charge in [-0.2, -0.15) is 0 Å². The van der Waals surface area contributed by atoms with Gasteiger partial charge in [0.15, 0.2) is 0 Å². The number of fused-ring (bicyclic) bond motifs is 1. The maximum absolute atomic E-state index is 5.85. The van der Waals surface area contributed by atoms with E-state index in [0.29, 0.717) is 4.99 Å². The first-order valence-electron chi connectivity index (χ1n) is 6.64. The molecule has 0 saturated carbocycles. The van der Waals surface area contributed by atoms with E-state index in [4.69, 9.17) is 18.0 Å². The number of hydrogen-bond acceptors (Lipinski definition) is 4. The molecule has 106 valence electrons. The number of nitrogens with one attached hydrogen (secondary N) is 1. The molecule has 0 radical (unpaired) electrons. The van der Waals surface area contributed by atoms with Gasteiger partial charge in [-0.1, -0.05) is 36.5 Å². The molecule has 3 aromatic rings. The standard InChI is InChI=1S/C16H15N3S2/c1-10(14-7-4-8-21-14)18-15-9-12(16(17)20)11-5-2-3-6-13(11)19-15/h2-10H,1H3,(H2,17,20)(H,18,19). The Morgan fingerprint density at radius 2 is 2.10 bits per heavy atom. The van der Waals surface area contributed by atoms with E-state index in [1.807, 2.05) is 36.4 Å². The van der Waals surface area contributed by atoms with Crippen molar-refractivity contribution in [1.29, 1.82) is 0 Å². The summed E-state index contributed by atoms with van der Waals surface area (Å²) < 4.78 is 0. The predicted octanol–water partition coefficient (Wildman–Crippen LogP) is 4.10. The topological polar surface area (TPSA) is 50.9 Å². The molecule has 3 rings (SSSR count). The lowest BCUT2D eigenvalue weighted by Gasteiger charge is -2.15. The molecule has 0 fully saturated rings. The quantitative estimate of drug-likeness (QED) is 0.712. The summed E-state index contributed by atoms with van der Waals surface area (Å²) >= 11 is 6.89. The minimum Gasteiger partial charge on any atom is -0.389 e. The van der Waals surface area contributed by atoms with Crippen molar-refractivity contribution >= 4 is 45.3 Å². The highest BCUT2D eigenvalue weighted by molar-refractivity contribution is 7.80. The molecule has 0 bridgehead atoms. The summed E-state index contributed by atoms with van der Waals surface area (Å²) in [5, 5.41) is 6.47. The van der Waals surface area contributed by atoms with Crippen LogP contribution in [-0.2, 0) is 0 Å². The monoisotopic (exact) mass is 313 g/mol. The van der Waals surface area contributed by atoms with Crippen LogP contribution in [0, 0.1) is 0 Å². The van der Waals surface area contributed by atoms with Crippen molar-refractivity contribution in [2.45, 2.75) is 13.0 Å². The maximum Gasteiger partial charge on any atom is 0.127 e. The number of benzene rings is 1. The predicted molar refractivity (Wildman–Crippen MR) is 94.0 cm³/mol. The Morgan fingerprint density at radius 3 is 2.81 bits per heavy atom. The molecule has 0 saturated heterocycles. The number of thiocarbonyl (C=S) groups is 1. The van der Waals surface area contributed by atoms with E-state index < -0.39 is 0 Å². The summed E-state index contributed by atoms with van der Waals surface area (Å²) in [6.07, 6.45) is 0. The molecule has 1 unspecified atom stereocenters. The van der Waals surface area contributed by atoms with Crippen LogP contribution >= 0.6 is 23.6 Å². The molecule has 3 nitrogen and oxygen atoms in total. The fourth-order valence-electron chi connectivity index (χ4n) is 2.28. The fraction of sp³-hybridized carbons (Fsp3) is 0.125. The molecule has 0 aliphatic carbocycles. The first-order chi connectivity index (χ1) is 10.1. The second-order valence-corrected chi connectivity index (χ2v) is 6.24. The van der Waals surface area contributed by atoms with Crippen LogP contribution in [0.4, 0.5) is 5.82 Å². The third kappa shape index (κ3) is 2.89. The van der Waals surface area contributed by atoms with Crippen molar-refractivity contribution in [3.63, 3.8) is 0 Å². The molecule has 21 heavy (non-hydrogen) atoms. The highest BCUT2D eigenvalue weighted by atomic mass is 32.1. The summed E-state index contributed by atoms with van der Waals surface area (Å²) in [4.78, 5) is 6.30. The number of nitrogens with two attached hydrogens (primary N) is 1. The Morgan fingerprint density at radius 1 is 1.29 bits per heavy atom. The normalized spacial score (nSPS) is 12.2. The minimum absolute atomic E-state index is 0.192. The van der Waals surface area contributed by atoms with Crippen LogP contribution in [0.1, 0.15) is 23.4 Å². The molecule has 5 heteroatoms. The lowest BCUT2D eigenvalue weighted by molar-refractivity contribution is 0.899. The van der Waals surface area contributed by atoms with Crippen molar-refractivity contribution in [2.75, 3.05) is 5.32 Å². The molecule has 1 atom stereocenters. The third-order valence-electron chi connectivity index (χ3n) is 3.32. The van der Waals surface area contributed by atoms with E-state index in [-0.39, 0.29) is 6.04 Å². The zero-order valence-corrected chi connectivity index (χ0v) is 13.2. The summed E-state index contributed by atoms with van der Waals surface area (Å²) in [7, 11) is 0. The van der Waals surface area contributed by atoms with Gasteiger partial charge in [0.25, 0.3) is 0 Å². The van der Waals surface area contributed by atoms with Gasteiger partial charge in [-0.3, -0.25) is 0 Å². The summed E-state index contributed by atoms with van der Waals surface area (Å²) in [5.74, 6) is 0.789. The first-order valence-corrected chi connectivity index (χ1v) is 7.93. The average Bonchev–Trinajstić information content (AvgIpc) is 3.00. The number of nitrogens with zero attached hydrogens (tertiary/aromatic N) is 1. The Labute approximate surface area is 132 Å². The van der Waals surface area contributed by atoms with Crippen LogP contribution in [-0.4, -0.2) is 9.97 Å². The van der Waals surface area contributed by atoms with Crippen LogP contribution in [0.5, 0.6) is 0 Å². The lowest BCUT2D eigenvalue weighted by atomic mass is 10.1. The molecule has 2 heterocycles. The zero-order chi connectivity index (χ0) is 14.8. The number of rotatable bonds is 4. The Hall–Kier alpha value is -1.98. The van der Waals surface area contributed by atoms with Gasteiger partial charge < -0.3 is 11.1 Å². The molecule has 0 aliphatic rings. The van der Waals surface area contributed by atoms with Gasteiger partial charge in [0.05, 0.1) is 11.6 Å². The van der Waals surface area contributed by atoms with Crippen LogP contribution in [0.3, 0.4) is 0 Å². The molecule has 0 spiro atoms. The van der Waals surface area contributed by atoms with Gasteiger partial charge in [-0.25, -0.2) is 4.98 Å². The average molecular weight is 313 g/mol. The number of anilines is 1. The van der Waals surface area contributed by atoms with Crippen molar-refractivity contribution < 1.29 is 0 Å². The Balaban J connectivity index is 2.01. The molecular formula is C16H15N3S2. The van der Waals surface area contributed by atoms with Crippen molar-refractivity contribution in [1.82, 2.24) is 4.98 Å². The van der Waals surface area contributed by atoms with Crippen LogP contribution in [0.25, 0.3) is 10.9 Å². The van der Waals surface area contributed by atoms with E-state index in [1.165, 1.54) is 4.88 Å². The van der Waals surface area contributed by atoms with Crippen molar-refractivity contribution in [3.05, 3.63) is 58.3 Å². The summed E-state index contributed by atoms with van der Waals surface area (Å²) in [5.41, 5.74) is 7.60. The van der Waals surface area contributed by atoms with Gasteiger partial charge >= 0.3 is 0 Å². The van der Waals surface area contributed by atoms with E-state index in [1.54, 1.807) is 11.3 Å². The van der Waals surface area contributed by atoms with E-state index >= 15 is 0 Å². The highest BCUT2D eigenvalue weighted by Gasteiger charge is 2.11. The van der Waals surface area contributed by atoms with Gasteiger partial charge in [0.2, 0.25) is 0 Å². The number of hydrogen-bond donors (Lipinski definition) is 2. The van der Waals surface area contributed by atoms with Crippen LogP contribution in [0.15, 0.2) is 47.8 Å². The Bertz CT molecular complexity index is 781. The SMILES string of the molecule is CC(Nc1cc(C(N)=S)c2ccccc2n1)c1cccs1. The summed E-state index contributed by atoms with van der Waals surface area (Å²) in [6, 6.07) is 14.2. The fourth-order valence-corrected chi connectivity index (χ4v) is 3.19.